The molecular weight excluding hydrogens is 302 g/mol. The van der Waals surface area contributed by atoms with Crippen LogP contribution in [0, 0.1) is 0 Å². The third kappa shape index (κ3) is 3.70. The number of methoxy groups -OCH3 is 1. The SMILES string of the molecule is COc1ccc(-c2ccccc2NC(=O)Nc2ccccn2)cc1. The Hall–Kier alpha value is -3.34. The number of anilines is 2. The van der Waals surface area contributed by atoms with Crippen molar-refractivity contribution in [2.45, 2.75) is 0 Å². The van der Waals surface area contributed by atoms with Crippen molar-refractivity contribution in [3.05, 3.63) is 72.9 Å². The average Bonchev–Trinajstić information content (AvgIpc) is 2.63. The summed E-state index contributed by atoms with van der Waals surface area (Å²) in [6.45, 7) is 0. The number of pyridine rings is 1. The summed E-state index contributed by atoms with van der Waals surface area (Å²) in [6.07, 6.45) is 1.63. The van der Waals surface area contributed by atoms with Gasteiger partial charge in [0, 0.05) is 11.8 Å². The van der Waals surface area contributed by atoms with Gasteiger partial charge in [0.25, 0.3) is 0 Å². The Morgan fingerprint density at radius 1 is 0.917 bits per heavy atom. The molecule has 120 valence electrons. The number of rotatable bonds is 4. The van der Waals surface area contributed by atoms with E-state index in [1.165, 1.54) is 0 Å². The van der Waals surface area contributed by atoms with Crippen molar-refractivity contribution >= 4 is 17.5 Å². The number of hydrogen-bond donors (Lipinski definition) is 2. The molecule has 2 N–H and O–H groups in total. The Morgan fingerprint density at radius 3 is 2.38 bits per heavy atom. The summed E-state index contributed by atoms with van der Waals surface area (Å²) in [5, 5.41) is 5.57. The van der Waals surface area contributed by atoms with Crippen molar-refractivity contribution in [3.63, 3.8) is 0 Å². The van der Waals surface area contributed by atoms with Gasteiger partial charge in [-0.05, 0) is 35.9 Å². The minimum Gasteiger partial charge on any atom is -0.497 e. The number of para-hydroxylation sites is 1. The van der Waals surface area contributed by atoms with Crippen LogP contribution in [-0.4, -0.2) is 18.1 Å². The van der Waals surface area contributed by atoms with Gasteiger partial charge in [0.2, 0.25) is 0 Å². The standard InChI is InChI=1S/C19H17N3O2/c1-24-15-11-9-14(10-12-15)16-6-2-3-7-17(16)21-19(23)22-18-8-4-5-13-20-18/h2-13H,1H3,(H2,20,21,22,23). The van der Waals surface area contributed by atoms with Gasteiger partial charge < -0.3 is 10.1 Å². The number of carbonyl (C=O) groups is 1. The molecule has 2 amide bonds. The van der Waals surface area contributed by atoms with Crippen LogP contribution in [0.25, 0.3) is 11.1 Å². The zero-order valence-corrected chi connectivity index (χ0v) is 13.2. The highest BCUT2D eigenvalue weighted by Gasteiger charge is 2.09. The van der Waals surface area contributed by atoms with Gasteiger partial charge in [-0.15, -0.1) is 0 Å². The third-order valence-electron chi connectivity index (χ3n) is 3.48. The molecule has 0 spiro atoms. The van der Waals surface area contributed by atoms with Gasteiger partial charge in [0.05, 0.1) is 12.8 Å². The van der Waals surface area contributed by atoms with E-state index in [9.17, 15) is 4.79 Å². The first kappa shape index (κ1) is 15.6. The van der Waals surface area contributed by atoms with Crippen molar-refractivity contribution in [2.24, 2.45) is 0 Å². The molecule has 1 aromatic heterocycles. The Balaban J connectivity index is 1.79. The molecule has 1 heterocycles. The summed E-state index contributed by atoms with van der Waals surface area (Å²) in [6, 6.07) is 20.3. The lowest BCUT2D eigenvalue weighted by molar-refractivity contribution is 0.262. The Labute approximate surface area is 140 Å². The molecule has 5 nitrogen and oxygen atoms in total. The lowest BCUT2D eigenvalue weighted by atomic mass is 10.0. The van der Waals surface area contributed by atoms with Crippen molar-refractivity contribution in [2.75, 3.05) is 17.7 Å². The first-order valence-corrected chi connectivity index (χ1v) is 7.49. The van der Waals surface area contributed by atoms with Crippen molar-refractivity contribution in [1.82, 2.24) is 4.98 Å². The highest BCUT2D eigenvalue weighted by atomic mass is 16.5. The van der Waals surface area contributed by atoms with E-state index in [-0.39, 0.29) is 6.03 Å². The first-order chi connectivity index (χ1) is 11.8. The molecule has 0 aliphatic heterocycles. The van der Waals surface area contributed by atoms with E-state index < -0.39 is 0 Å². The van der Waals surface area contributed by atoms with E-state index in [0.717, 1.165) is 22.6 Å². The summed E-state index contributed by atoms with van der Waals surface area (Å²) in [5.74, 6) is 1.29. The van der Waals surface area contributed by atoms with Gasteiger partial charge in [0.15, 0.2) is 0 Å². The second kappa shape index (κ2) is 7.28. The number of nitrogens with zero attached hydrogens (tertiary/aromatic N) is 1. The van der Waals surface area contributed by atoms with Crippen LogP contribution >= 0.6 is 0 Å². The summed E-state index contributed by atoms with van der Waals surface area (Å²) in [5.41, 5.74) is 2.64. The molecule has 0 radical (unpaired) electrons. The fraction of sp³-hybridized carbons (Fsp3) is 0.0526. The molecule has 3 aromatic rings. The number of aromatic nitrogens is 1. The van der Waals surface area contributed by atoms with Crippen LogP contribution in [0.15, 0.2) is 72.9 Å². The molecule has 2 aromatic carbocycles. The van der Waals surface area contributed by atoms with E-state index in [0.29, 0.717) is 5.82 Å². The normalized spacial score (nSPS) is 10.0. The maximum atomic E-state index is 12.2. The second-order valence-corrected chi connectivity index (χ2v) is 5.07. The quantitative estimate of drug-likeness (QED) is 0.749. The van der Waals surface area contributed by atoms with Crippen LogP contribution in [0.2, 0.25) is 0 Å². The summed E-state index contributed by atoms with van der Waals surface area (Å²) in [4.78, 5) is 16.3. The first-order valence-electron chi connectivity index (χ1n) is 7.49. The van der Waals surface area contributed by atoms with Crippen molar-refractivity contribution < 1.29 is 9.53 Å². The van der Waals surface area contributed by atoms with E-state index in [1.54, 1.807) is 25.4 Å². The number of urea groups is 1. The Morgan fingerprint density at radius 2 is 1.67 bits per heavy atom. The van der Waals surface area contributed by atoms with Crippen LogP contribution in [0.4, 0.5) is 16.3 Å². The molecule has 24 heavy (non-hydrogen) atoms. The summed E-state index contributed by atoms with van der Waals surface area (Å²) < 4.78 is 5.18. The van der Waals surface area contributed by atoms with E-state index in [1.807, 2.05) is 54.6 Å². The van der Waals surface area contributed by atoms with Gasteiger partial charge in [0.1, 0.15) is 11.6 Å². The average molecular weight is 319 g/mol. The van der Waals surface area contributed by atoms with Crippen LogP contribution < -0.4 is 15.4 Å². The van der Waals surface area contributed by atoms with Crippen LogP contribution in [0.1, 0.15) is 0 Å². The number of nitrogens with one attached hydrogen (secondary N) is 2. The van der Waals surface area contributed by atoms with Crippen molar-refractivity contribution in [3.8, 4) is 16.9 Å². The smallest absolute Gasteiger partial charge is 0.324 e. The van der Waals surface area contributed by atoms with Crippen LogP contribution in [0.5, 0.6) is 5.75 Å². The maximum absolute atomic E-state index is 12.2. The second-order valence-electron chi connectivity index (χ2n) is 5.07. The zero-order chi connectivity index (χ0) is 16.8. The molecule has 3 rings (SSSR count). The maximum Gasteiger partial charge on any atom is 0.324 e. The molecule has 0 saturated carbocycles. The lowest BCUT2D eigenvalue weighted by Crippen LogP contribution is -2.20. The van der Waals surface area contributed by atoms with Crippen LogP contribution in [0.3, 0.4) is 0 Å². The molecular formula is C19H17N3O2. The minimum atomic E-state index is -0.338. The summed E-state index contributed by atoms with van der Waals surface area (Å²) in [7, 11) is 1.63. The number of amides is 2. The summed E-state index contributed by atoms with van der Waals surface area (Å²) >= 11 is 0. The van der Waals surface area contributed by atoms with Gasteiger partial charge in [-0.2, -0.15) is 0 Å². The van der Waals surface area contributed by atoms with E-state index in [2.05, 4.69) is 15.6 Å². The van der Waals surface area contributed by atoms with Gasteiger partial charge in [-0.25, -0.2) is 9.78 Å². The van der Waals surface area contributed by atoms with E-state index >= 15 is 0 Å². The minimum absolute atomic E-state index is 0.338. The molecule has 0 aliphatic carbocycles. The third-order valence-corrected chi connectivity index (χ3v) is 3.48. The fourth-order valence-corrected chi connectivity index (χ4v) is 2.32. The lowest BCUT2D eigenvalue weighted by Gasteiger charge is -2.12. The number of benzene rings is 2. The van der Waals surface area contributed by atoms with Crippen molar-refractivity contribution in [1.29, 1.82) is 0 Å². The van der Waals surface area contributed by atoms with Gasteiger partial charge in [-0.3, -0.25) is 5.32 Å². The Kier molecular flexibility index (Phi) is 4.72. The highest BCUT2D eigenvalue weighted by molar-refractivity contribution is 6.01. The molecule has 0 atom stereocenters. The molecule has 5 heteroatoms. The van der Waals surface area contributed by atoms with Crippen LogP contribution in [-0.2, 0) is 0 Å². The largest absolute Gasteiger partial charge is 0.497 e. The topological polar surface area (TPSA) is 63.2 Å². The molecule has 0 unspecified atom stereocenters. The Bertz CT molecular complexity index is 818. The number of carbonyl (C=O) groups excluding carboxylic acids is 1. The molecule has 0 saturated heterocycles. The molecule has 0 aliphatic rings. The number of hydrogen-bond acceptors (Lipinski definition) is 3. The predicted molar refractivity (Wildman–Crippen MR) is 95.3 cm³/mol. The highest BCUT2D eigenvalue weighted by Crippen LogP contribution is 2.29. The predicted octanol–water partition coefficient (Wildman–Crippen LogP) is 4.40. The fourth-order valence-electron chi connectivity index (χ4n) is 2.32. The number of ether oxygens (including phenoxy) is 1. The zero-order valence-electron chi connectivity index (χ0n) is 13.2. The van der Waals surface area contributed by atoms with Gasteiger partial charge in [-0.1, -0.05) is 36.4 Å². The van der Waals surface area contributed by atoms with Gasteiger partial charge >= 0.3 is 6.03 Å². The molecule has 0 bridgehead atoms. The monoisotopic (exact) mass is 319 g/mol. The molecule has 0 fully saturated rings. The van der Waals surface area contributed by atoms with E-state index in [4.69, 9.17) is 4.74 Å².